The van der Waals surface area contributed by atoms with Crippen molar-refractivity contribution in [2.75, 3.05) is 12.9 Å². The number of aliphatic hydroxyl groups is 2. The maximum absolute atomic E-state index is 10.7. The van der Waals surface area contributed by atoms with Crippen LogP contribution in [0.2, 0.25) is 0 Å². The second-order valence-corrected chi connectivity index (χ2v) is 6.19. The van der Waals surface area contributed by atoms with E-state index in [1.807, 2.05) is 36.6 Å². The molecule has 2 N–H and O–H groups in total. The van der Waals surface area contributed by atoms with Crippen LogP contribution >= 0.6 is 11.8 Å². The van der Waals surface area contributed by atoms with E-state index in [1.165, 1.54) is 24.3 Å². The predicted octanol–water partition coefficient (Wildman–Crippen LogP) is 3.34. The number of benzene rings is 2. The van der Waals surface area contributed by atoms with Gasteiger partial charge in [-0.05, 0) is 29.5 Å². The Morgan fingerprint density at radius 2 is 1.70 bits per heavy atom. The van der Waals surface area contributed by atoms with Crippen molar-refractivity contribution >= 4 is 17.4 Å². The van der Waals surface area contributed by atoms with E-state index >= 15 is 0 Å². The summed E-state index contributed by atoms with van der Waals surface area (Å²) in [6.45, 7) is -0.182. The molecule has 0 aliphatic carbocycles. The Balaban J connectivity index is 2.26. The molecule has 0 radical (unpaired) electrons. The van der Waals surface area contributed by atoms with Crippen molar-refractivity contribution in [1.82, 2.24) is 0 Å². The second kappa shape index (κ2) is 8.10. The fraction of sp³-hybridized carbons (Fsp3) is 0.294. The van der Waals surface area contributed by atoms with Gasteiger partial charge in [-0.1, -0.05) is 30.3 Å². The van der Waals surface area contributed by atoms with Crippen LogP contribution in [0.3, 0.4) is 0 Å². The Morgan fingerprint density at radius 1 is 1.09 bits per heavy atom. The Kier molecular flexibility index (Phi) is 6.15. The molecule has 0 saturated heterocycles. The summed E-state index contributed by atoms with van der Waals surface area (Å²) in [4.78, 5) is 10.2. The highest BCUT2D eigenvalue weighted by atomic mass is 32.2. The molecule has 5 nitrogen and oxygen atoms in total. The van der Waals surface area contributed by atoms with Crippen molar-refractivity contribution in [3.05, 3.63) is 75.8 Å². The summed E-state index contributed by atoms with van der Waals surface area (Å²) in [6, 6.07) is 15.5. The zero-order valence-electron chi connectivity index (χ0n) is 12.7. The zero-order valence-corrected chi connectivity index (χ0v) is 13.5. The van der Waals surface area contributed by atoms with Gasteiger partial charge in [-0.25, -0.2) is 0 Å². The molecule has 0 saturated carbocycles. The lowest BCUT2D eigenvalue weighted by Crippen LogP contribution is -2.22. The molecule has 0 aliphatic rings. The topological polar surface area (TPSA) is 83.6 Å². The van der Waals surface area contributed by atoms with Gasteiger partial charge in [0.25, 0.3) is 5.69 Å². The van der Waals surface area contributed by atoms with Crippen LogP contribution in [0.4, 0.5) is 5.69 Å². The fourth-order valence-electron chi connectivity index (χ4n) is 2.60. The Bertz CT molecular complexity index is 633. The highest BCUT2D eigenvalue weighted by Gasteiger charge is 2.29. The third-order valence-electron chi connectivity index (χ3n) is 3.83. The molecule has 2 rings (SSSR count). The highest BCUT2D eigenvalue weighted by molar-refractivity contribution is 7.98. The number of nitrogens with zero attached hydrogens (tertiary/aromatic N) is 1. The van der Waals surface area contributed by atoms with Gasteiger partial charge in [-0.2, -0.15) is 11.8 Å². The molecule has 2 aromatic carbocycles. The Labute approximate surface area is 139 Å². The minimum absolute atomic E-state index is 0.0222. The molecule has 0 unspecified atom stereocenters. The molecule has 6 heteroatoms. The van der Waals surface area contributed by atoms with E-state index in [9.17, 15) is 20.3 Å². The van der Waals surface area contributed by atoms with Gasteiger partial charge >= 0.3 is 0 Å². The summed E-state index contributed by atoms with van der Waals surface area (Å²) in [7, 11) is 0. The van der Waals surface area contributed by atoms with Gasteiger partial charge in [0.15, 0.2) is 0 Å². The van der Waals surface area contributed by atoms with E-state index in [0.717, 1.165) is 5.56 Å². The van der Waals surface area contributed by atoms with E-state index in [4.69, 9.17) is 0 Å². The van der Waals surface area contributed by atoms with Crippen LogP contribution in [0.1, 0.15) is 22.5 Å². The number of nitro groups is 1. The van der Waals surface area contributed by atoms with Crippen LogP contribution in [0, 0.1) is 16.0 Å². The van der Waals surface area contributed by atoms with Crippen molar-refractivity contribution in [2.45, 2.75) is 11.4 Å². The highest BCUT2D eigenvalue weighted by Crippen LogP contribution is 2.40. The predicted molar refractivity (Wildman–Crippen MR) is 91.3 cm³/mol. The number of thioether (sulfide) groups is 1. The number of non-ortho nitro benzene ring substituents is 1. The molecule has 0 fully saturated rings. The van der Waals surface area contributed by atoms with E-state index < -0.39 is 16.9 Å². The van der Waals surface area contributed by atoms with Gasteiger partial charge in [0.05, 0.1) is 17.6 Å². The van der Waals surface area contributed by atoms with Gasteiger partial charge in [-0.3, -0.25) is 10.1 Å². The SMILES string of the molecule is CS[C@@H](c1ccccc1)[C@@H](CO)[C@@H](O)c1ccc([N+](=O)[O-])cc1. The molecule has 0 amide bonds. The summed E-state index contributed by atoms with van der Waals surface area (Å²) in [6.07, 6.45) is 1.03. The van der Waals surface area contributed by atoms with Crippen molar-refractivity contribution in [2.24, 2.45) is 5.92 Å². The van der Waals surface area contributed by atoms with Crippen molar-refractivity contribution in [1.29, 1.82) is 0 Å². The van der Waals surface area contributed by atoms with E-state index in [2.05, 4.69) is 0 Å². The first-order chi connectivity index (χ1) is 11.1. The molecule has 2 aromatic rings. The maximum atomic E-state index is 10.7. The average molecular weight is 333 g/mol. The second-order valence-electron chi connectivity index (χ2n) is 5.21. The summed E-state index contributed by atoms with van der Waals surface area (Å²) in [5.41, 5.74) is 1.57. The van der Waals surface area contributed by atoms with Crippen LogP contribution in [0.15, 0.2) is 54.6 Å². The number of hydrogen-bond acceptors (Lipinski definition) is 5. The lowest BCUT2D eigenvalue weighted by molar-refractivity contribution is -0.384. The Hall–Kier alpha value is -1.89. The third-order valence-corrected chi connectivity index (χ3v) is 4.96. The van der Waals surface area contributed by atoms with Gasteiger partial charge < -0.3 is 10.2 Å². The van der Waals surface area contributed by atoms with E-state index in [0.29, 0.717) is 5.56 Å². The van der Waals surface area contributed by atoms with Gasteiger partial charge in [0.2, 0.25) is 0 Å². The van der Waals surface area contributed by atoms with Crippen LogP contribution in [-0.2, 0) is 0 Å². The van der Waals surface area contributed by atoms with Crippen LogP contribution in [-0.4, -0.2) is 28.0 Å². The lowest BCUT2D eigenvalue weighted by atomic mass is 9.90. The minimum Gasteiger partial charge on any atom is -0.396 e. The molecule has 0 aromatic heterocycles. The number of aliphatic hydroxyl groups excluding tert-OH is 2. The summed E-state index contributed by atoms with van der Waals surface area (Å²) in [5, 5.41) is 31.0. The van der Waals surface area contributed by atoms with Crippen LogP contribution < -0.4 is 0 Å². The standard InChI is InChI=1S/C17H19NO4S/c1-23-17(13-5-3-2-4-6-13)15(11-19)16(20)12-7-9-14(10-8-12)18(21)22/h2-10,15-17,19-20H,11H2,1H3/t15-,16-,17-/m0/s1. The number of rotatable bonds is 7. The minimum atomic E-state index is -0.904. The van der Waals surface area contributed by atoms with Crippen molar-refractivity contribution in [3.8, 4) is 0 Å². The maximum Gasteiger partial charge on any atom is 0.269 e. The van der Waals surface area contributed by atoms with Gasteiger partial charge in [0, 0.05) is 23.3 Å². The Morgan fingerprint density at radius 3 is 2.17 bits per heavy atom. The first-order valence-corrected chi connectivity index (χ1v) is 8.48. The third kappa shape index (κ3) is 4.10. The summed E-state index contributed by atoms with van der Waals surface area (Å²) in [5.74, 6) is -0.408. The molecule has 122 valence electrons. The first-order valence-electron chi connectivity index (χ1n) is 7.19. The average Bonchev–Trinajstić information content (AvgIpc) is 2.59. The largest absolute Gasteiger partial charge is 0.396 e. The van der Waals surface area contributed by atoms with Gasteiger partial charge in [-0.15, -0.1) is 0 Å². The van der Waals surface area contributed by atoms with E-state index in [1.54, 1.807) is 11.8 Å². The van der Waals surface area contributed by atoms with Crippen LogP contribution in [0.5, 0.6) is 0 Å². The smallest absolute Gasteiger partial charge is 0.269 e. The zero-order chi connectivity index (χ0) is 16.8. The molecule has 0 heterocycles. The summed E-state index contributed by atoms with van der Waals surface area (Å²) < 4.78 is 0. The molecular formula is C17H19NO4S. The van der Waals surface area contributed by atoms with Gasteiger partial charge in [0.1, 0.15) is 0 Å². The molecule has 0 spiro atoms. The van der Waals surface area contributed by atoms with Crippen molar-refractivity contribution < 1.29 is 15.1 Å². The summed E-state index contributed by atoms with van der Waals surface area (Å²) >= 11 is 1.56. The number of hydrogen-bond donors (Lipinski definition) is 2. The lowest BCUT2D eigenvalue weighted by Gasteiger charge is -2.29. The molecule has 3 atom stereocenters. The fourth-order valence-corrected chi connectivity index (χ4v) is 3.62. The molecular weight excluding hydrogens is 314 g/mol. The number of nitro benzene ring substituents is 1. The quantitative estimate of drug-likeness (QED) is 0.600. The van der Waals surface area contributed by atoms with E-state index in [-0.39, 0.29) is 17.5 Å². The molecule has 23 heavy (non-hydrogen) atoms. The van der Waals surface area contributed by atoms with Crippen LogP contribution in [0.25, 0.3) is 0 Å². The molecule has 0 aliphatic heterocycles. The first kappa shape index (κ1) is 17.5. The normalized spacial score (nSPS) is 14.9. The monoisotopic (exact) mass is 333 g/mol. The molecule has 0 bridgehead atoms. The van der Waals surface area contributed by atoms with Crippen molar-refractivity contribution in [3.63, 3.8) is 0 Å².